The van der Waals surface area contributed by atoms with Crippen LogP contribution in [0.2, 0.25) is 0 Å². The zero-order chi connectivity index (χ0) is 17.9. The highest BCUT2D eigenvalue weighted by atomic mass is 16.3. The lowest BCUT2D eigenvalue weighted by Crippen LogP contribution is -2.49. The van der Waals surface area contributed by atoms with Crippen molar-refractivity contribution in [2.45, 2.75) is 52.0 Å². The van der Waals surface area contributed by atoms with Crippen LogP contribution in [0.1, 0.15) is 45.3 Å². The van der Waals surface area contributed by atoms with Gasteiger partial charge < -0.3 is 20.0 Å². The maximum absolute atomic E-state index is 5.39. The predicted molar refractivity (Wildman–Crippen MR) is 105 cm³/mol. The van der Waals surface area contributed by atoms with Crippen LogP contribution in [0.4, 0.5) is 0 Å². The monoisotopic (exact) mass is 346 g/mol. The Morgan fingerprint density at radius 3 is 2.84 bits per heavy atom. The molecular formula is C20H34N4O. The Balaban J connectivity index is 1.77. The quantitative estimate of drug-likeness (QED) is 0.410. The number of likely N-dealkylation sites (tertiary alicyclic amines) is 1. The van der Waals surface area contributed by atoms with E-state index in [1.54, 1.807) is 6.26 Å². The normalized spacial score (nSPS) is 16.8. The van der Waals surface area contributed by atoms with E-state index in [-0.39, 0.29) is 0 Å². The number of hydrogen-bond donors (Lipinski definition) is 2. The summed E-state index contributed by atoms with van der Waals surface area (Å²) in [4.78, 5) is 7.24. The molecule has 0 unspecified atom stereocenters. The summed E-state index contributed by atoms with van der Waals surface area (Å²) in [5.41, 5.74) is 1.07. The molecule has 2 heterocycles. The van der Waals surface area contributed by atoms with Crippen molar-refractivity contribution in [3.8, 4) is 0 Å². The van der Waals surface area contributed by atoms with Crippen molar-refractivity contribution < 1.29 is 4.42 Å². The van der Waals surface area contributed by atoms with Crippen LogP contribution >= 0.6 is 0 Å². The summed E-state index contributed by atoms with van der Waals surface area (Å²) in [6, 6.07) is 4.43. The van der Waals surface area contributed by atoms with Gasteiger partial charge in [0.1, 0.15) is 5.76 Å². The molecule has 0 radical (unpaired) electrons. The first kappa shape index (κ1) is 19.6. The van der Waals surface area contributed by atoms with Crippen molar-refractivity contribution in [2.24, 2.45) is 4.99 Å². The first-order valence-electron chi connectivity index (χ1n) is 9.61. The lowest BCUT2D eigenvalue weighted by molar-refractivity contribution is 0.203. The molecule has 5 nitrogen and oxygen atoms in total. The lowest BCUT2D eigenvalue weighted by atomic mass is 10.0. The molecule has 1 fully saturated rings. The molecule has 2 rings (SSSR count). The largest absolute Gasteiger partial charge is 0.469 e. The van der Waals surface area contributed by atoms with E-state index in [4.69, 9.17) is 4.42 Å². The Bertz CT molecular complexity index is 516. The molecule has 5 heteroatoms. The average Bonchev–Trinajstić information content (AvgIpc) is 3.12. The maximum atomic E-state index is 5.39. The number of nitrogens with zero attached hydrogens (tertiary/aromatic N) is 2. The van der Waals surface area contributed by atoms with Crippen molar-refractivity contribution in [2.75, 3.05) is 32.7 Å². The van der Waals surface area contributed by atoms with Crippen molar-refractivity contribution in [1.82, 2.24) is 15.5 Å². The van der Waals surface area contributed by atoms with Gasteiger partial charge in [0.25, 0.3) is 0 Å². The Morgan fingerprint density at radius 1 is 1.40 bits per heavy atom. The number of nitrogens with one attached hydrogen (secondary N) is 2. The van der Waals surface area contributed by atoms with E-state index in [1.165, 1.54) is 45.3 Å². The first-order chi connectivity index (χ1) is 12.2. The topological polar surface area (TPSA) is 52.8 Å². The van der Waals surface area contributed by atoms with Gasteiger partial charge in [-0.05, 0) is 44.9 Å². The number of guanidine groups is 1. The maximum Gasteiger partial charge on any atom is 0.191 e. The van der Waals surface area contributed by atoms with Gasteiger partial charge in [-0.25, -0.2) is 4.99 Å². The Kier molecular flexibility index (Phi) is 8.60. The Labute approximate surface area is 152 Å². The number of rotatable bonds is 9. The molecule has 0 bridgehead atoms. The van der Waals surface area contributed by atoms with Crippen LogP contribution in [0.25, 0.3) is 0 Å². The average molecular weight is 347 g/mol. The minimum Gasteiger partial charge on any atom is -0.469 e. The molecule has 1 saturated heterocycles. The minimum absolute atomic E-state index is 0.498. The van der Waals surface area contributed by atoms with Crippen molar-refractivity contribution >= 4 is 5.96 Å². The number of hydrogen-bond acceptors (Lipinski definition) is 3. The second kappa shape index (κ2) is 11.0. The van der Waals surface area contributed by atoms with Gasteiger partial charge in [0, 0.05) is 32.1 Å². The lowest BCUT2D eigenvalue weighted by Gasteiger charge is -2.33. The fraction of sp³-hybridized carbons (Fsp3) is 0.650. The standard InChI is InChI=1S/C20H34N4O/c1-4-5-12-24-13-9-18(10-14-24)23-20(22-16-17(2)3)21-11-8-19-7-6-15-25-19/h6-7,15,18H,2,4-5,8-14,16H2,1,3H3,(H2,21,22,23). The second-order valence-electron chi connectivity index (χ2n) is 6.99. The van der Waals surface area contributed by atoms with E-state index >= 15 is 0 Å². The Morgan fingerprint density at radius 2 is 2.20 bits per heavy atom. The van der Waals surface area contributed by atoms with Crippen LogP contribution in [0.3, 0.4) is 0 Å². The van der Waals surface area contributed by atoms with Crippen LogP contribution in [-0.2, 0) is 6.42 Å². The molecule has 1 aromatic rings. The summed E-state index contributed by atoms with van der Waals surface area (Å²) in [7, 11) is 0. The third-order valence-electron chi connectivity index (χ3n) is 4.51. The van der Waals surface area contributed by atoms with Gasteiger partial charge in [0.2, 0.25) is 0 Å². The van der Waals surface area contributed by atoms with Gasteiger partial charge in [-0.1, -0.05) is 25.5 Å². The molecular weight excluding hydrogens is 312 g/mol. The molecule has 25 heavy (non-hydrogen) atoms. The summed E-state index contributed by atoms with van der Waals surface area (Å²) in [6.45, 7) is 13.3. The molecule has 0 aromatic carbocycles. The SMILES string of the molecule is C=C(C)CN=C(NCCc1ccco1)NC1CCN(CCCC)CC1. The van der Waals surface area contributed by atoms with Gasteiger partial charge in [0.05, 0.1) is 12.8 Å². The van der Waals surface area contributed by atoms with Crippen molar-refractivity contribution in [3.05, 3.63) is 36.3 Å². The van der Waals surface area contributed by atoms with Crippen LogP contribution < -0.4 is 10.6 Å². The highest BCUT2D eigenvalue weighted by Gasteiger charge is 2.19. The summed E-state index contributed by atoms with van der Waals surface area (Å²) in [5.74, 6) is 1.89. The smallest absolute Gasteiger partial charge is 0.191 e. The third kappa shape index (κ3) is 7.78. The van der Waals surface area contributed by atoms with E-state index in [2.05, 4.69) is 34.0 Å². The van der Waals surface area contributed by atoms with E-state index in [1.807, 2.05) is 19.1 Å². The predicted octanol–water partition coefficient (Wildman–Crippen LogP) is 3.20. The van der Waals surface area contributed by atoms with Crippen LogP contribution in [0.15, 0.2) is 40.0 Å². The minimum atomic E-state index is 0.498. The zero-order valence-corrected chi connectivity index (χ0v) is 15.9. The highest BCUT2D eigenvalue weighted by Crippen LogP contribution is 2.11. The summed E-state index contributed by atoms with van der Waals surface area (Å²) >= 11 is 0. The summed E-state index contributed by atoms with van der Waals surface area (Å²) < 4.78 is 5.39. The van der Waals surface area contributed by atoms with Gasteiger partial charge in [-0.3, -0.25) is 0 Å². The van der Waals surface area contributed by atoms with Gasteiger partial charge >= 0.3 is 0 Å². The molecule has 0 atom stereocenters. The van der Waals surface area contributed by atoms with Crippen molar-refractivity contribution in [3.63, 3.8) is 0 Å². The third-order valence-corrected chi connectivity index (χ3v) is 4.51. The molecule has 0 aliphatic carbocycles. The van der Waals surface area contributed by atoms with E-state index in [0.717, 1.165) is 30.3 Å². The van der Waals surface area contributed by atoms with Gasteiger partial charge in [-0.2, -0.15) is 0 Å². The Hall–Kier alpha value is -1.75. The molecule has 1 aliphatic rings. The summed E-state index contributed by atoms with van der Waals surface area (Å²) in [5, 5.41) is 7.04. The second-order valence-corrected chi connectivity index (χ2v) is 6.99. The number of aliphatic imine (C=N–C) groups is 1. The first-order valence-corrected chi connectivity index (χ1v) is 9.61. The number of unbranched alkanes of at least 4 members (excludes halogenated alkanes) is 1. The molecule has 0 spiro atoms. The molecule has 140 valence electrons. The van der Waals surface area contributed by atoms with Crippen molar-refractivity contribution in [1.29, 1.82) is 0 Å². The molecule has 2 N–H and O–H groups in total. The van der Waals surface area contributed by atoms with E-state index in [9.17, 15) is 0 Å². The van der Waals surface area contributed by atoms with Crippen LogP contribution in [0, 0.1) is 0 Å². The number of furan rings is 1. The highest BCUT2D eigenvalue weighted by molar-refractivity contribution is 5.80. The van der Waals surface area contributed by atoms with E-state index < -0.39 is 0 Å². The van der Waals surface area contributed by atoms with Gasteiger partial charge in [0.15, 0.2) is 5.96 Å². The number of piperidine rings is 1. The molecule has 0 amide bonds. The fourth-order valence-electron chi connectivity index (χ4n) is 3.00. The van der Waals surface area contributed by atoms with Gasteiger partial charge in [-0.15, -0.1) is 0 Å². The molecule has 1 aromatic heterocycles. The zero-order valence-electron chi connectivity index (χ0n) is 15.9. The fourth-order valence-corrected chi connectivity index (χ4v) is 3.00. The van der Waals surface area contributed by atoms with E-state index in [0.29, 0.717) is 12.6 Å². The molecule has 0 saturated carbocycles. The van der Waals surface area contributed by atoms with Crippen LogP contribution in [-0.4, -0.2) is 49.6 Å². The van der Waals surface area contributed by atoms with Crippen LogP contribution in [0.5, 0.6) is 0 Å². The molecule has 1 aliphatic heterocycles. The summed E-state index contributed by atoms with van der Waals surface area (Å²) in [6.07, 6.45) is 7.50.